The van der Waals surface area contributed by atoms with Crippen LogP contribution in [-0.4, -0.2) is 0 Å². The highest BCUT2D eigenvalue weighted by molar-refractivity contribution is 9.10. The van der Waals surface area contributed by atoms with Crippen LogP contribution in [0.5, 0.6) is 0 Å². The highest BCUT2D eigenvalue weighted by Crippen LogP contribution is 2.59. The molecule has 1 nitrogen and oxygen atoms in total. The Morgan fingerprint density at radius 2 is 0.958 bits per heavy atom. The lowest BCUT2D eigenvalue weighted by atomic mass is 9.67. The number of hydrogen-bond acceptors (Lipinski definition) is 1. The molecular formula is C46H34BrN. The van der Waals surface area contributed by atoms with Crippen molar-refractivity contribution in [2.24, 2.45) is 0 Å². The van der Waals surface area contributed by atoms with E-state index in [2.05, 4.69) is 205 Å². The number of anilines is 3. The minimum Gasteiger partial charge on any atom is -0.310 e. The third-order valence-electron chi connectivity index (χ3n) is 10.6. The van der Waals surface area contributed by atoms with Crippen LogP contribution in [-0.2, 0) is 10.8 Å². The topological polar surface area (TPSA) is 3.24 Å². The second-order valence-corrected chi connectivity index (χ2v) is 14.4. The van der Waals surface area contributed by atoms with Crippen molar-refractivity contribution in [3.63, 3.8) is 0 Å². The Hall–Kier alpha value is -5.18. The van der Waals surface area contributed by atoms with Crippen LogP contribution < -0.4 is 4.90 Å². The third kappa shape index (κ3) is 4.09. The van der Waals surface area contributed by atoms with Crippen molar-refractivity contribution in [1.29, 1.82) is 0 Å². The molecule has 7 aromatic carbocycles. The number of halogens is 1. The van der Waals surface area contributed by atoms with Gasteiger partial charge in [0, 0.05) is 21.3 Å². The third-order valence-corrected chi connectivity index (χ3v) is 11.0. The molecule has 2 aliphatic carbocycles. The molecule has 0 aliphatic heterocycles. The first kappa shape index (κ1) is 29.0. The maximum atomic E-state index is 3.94. The molecule has 7 aromatic rings. The summed E-state index contributed by atoms with van der Waals surface area (Å²) in [7, 11) is 0. The zero-order chi connectivity index (χ0) is 32.5. The minimum absolute atomic E-state index is 0.181. The first-order valence-electron chi connectivity index (χ1n) is 16.6. The van der Waals surface area contributed by atoms with E-state index in [-0.39, 0.29) is 5.41 Å². The monoisotopic (exact) mass is 679 g/mol. The molecule has 0 N–H and O–H groups in total. The number of benzene rings is 7. The van der Waals surface area contributed by atoms with E-state index in [1.165, 1.54) is 61.3 Å². The molecule has 230 valence electrons. The highest BCUT2D eigenvalue weighted by atomic mass is 79.9. The van der Waals surface area contributed by atoms with Gasteiger partial charge in [0.25, 0.3) is 0 Å². The van der Waals surface area contributed by atoms with Crippen molar-refractivity contribution >= 4 is 33.0 Å². The van der Waals surface area contributed by atoms with E-state index in [4.69, 9.17) is 0 Å². The van der Waals surface area contributed by atoms with Crippen LogP contribution in [0.2, 0.25) is 0 Å². The van der Waals surface area contributed by atoms with E-state index >= 15 is 0 Å². The van der Waals surface area contributed by atoms with E-state index in [0.717, 1.165) is 15.8 Å². The summed E-state index contributed by atoms with van der Waals surface area (Å²) in [5.74, 6) is 0. The second-order valence-electron chi connectivity index (χ2n) is 13.4. The van der Waals surface area contributed by atoms with Crippen molar-refractivity contribution < 1.29 is 0 Å². The maximum absolute atomic E-state index is 3.94. The van der Waals surface area contributed by atoms with Gasteiger partial charge in [0.2, 0.25) is 0 Å². The molecule has 0 saturated carbocycles. The van der Waals surface area contributed by atoms with Crippen LogP contribution in [0.15, 0.2) is 174 Å². The Morgan fingerprint density at radius 3 is 1.60 bits per heavy atom. The van der Waals surface area contributed by atoms with Gasteiger partial charge in [0.1, 0.15) is 0 Å². The zero-order valence-corrected chi connectivity index (χ0v) is 28.6. The van der Waals surface area contributed by atoms with Gasteiger partial charge in [-0.2, -0.15) is 0 Å². The Kier molecular flexibility index (Phi) is 6.61. The second kappa shape index (κ2) is 10.9. The summed E-state index contributed by atoms with van der Waals surface area (Å²) in [5.41, 5.74) is 15.8. The number of hydrogen-bond donors (Lipinski definition) is 0. The molecular weight excluding hydrogens is 646 g/mol. The molecule has 0 fully saturated rings. The standard InChI is InChI=1S/C46H34BrN/c1-45(2)40-24-14-12-23-37(40)39-28-33(47)29-43(44(39)45)48(34-20-10-5-11-21-34)35-26-27-38-36-22-13-15-25-41(36)46(42(38)30-35,31-16-6-3-7-17-31)32-18-8-4-9-19-32/h3-30H,1-2H3. The van der Waals surface area contributed by atoms with Crippen molar-refractivity contribution in [1.82, 2.24) is 0 Å². The first-order valence-corrected chi connectivity index (χ1v) is 17.4. The average molecular weight is 681 g/mol. The molecule has 0 saturated heterocycles. The molecule has 0 radical (unpaired) electrons. The van der Waals surface area contributed by atoms with Gasteiger partial charge in [-0.15, -0.1) is 0 Å². The molecule has 0 bridgehead atoms. The van der Waals surface area contributed by atoms with Crippen molar-refractivity contribution in [2.45, 2.75) is 24.7 Å². The van der Waals surface area contributed by atoms with Crippen molar-refractivity contribution in [2.75, 3.05) is 4.90 Å². The van der Waals surface area contributed by atoms with E-state index in [9.17, 15) is 0 Å². The summed E-state index contributed by atoms with van der Waals surface area (Å²) in [5, 5.41) is 0. The quantitative estimate of drug-likeness (QED) is 0.175. The van der Waals surface area contributed by atoms with Gasteiger partial charge >= 0.3 is 0 Å². The van der Waals surface area contributed by atoms with Crippen LogP contribution in [0.1, 0.15) is 47.2 Å². The molecule has 2 aliphatic rings. The molecule has 0 amide bonds. The van der Waals surface area contributed by atoms with Gasteiger partial charge in [-0.25, -0.2) is 0 Å². The van der Waals surface area contributed by atoms with Gasteiger partial charge < -0.3 is 4.90 Å². The predicted molar refractivity (Wildman–Crippen MR) is 204 cm³/mol. The lowest BCUT2D eigenvalue weighted by Gasteiger charge is -2.36. The Labute approximate surface area is 291 Å². The van der Waals surface area contributed by atoms with Crippen molar-refractivity contribution in [3.05, 3.63) is 208 Å². The molecule has 0 spiro atoms. The van der Waals surface area contributed by atoms with E-state index in [1.807, 2.05) is 0 Å². The Bertz CT molecular complexity index is 2280. The summed E-state index contributed by atoms with van der Waals surface area (Å²) < 4.78 is 1.07. The average Bonchev–Trinajstić information content (AvgIpc) is 3.55. The molecule has 9 rings (SSSR count). The fourth-order valence-corrected chi connectivity index (χ4v) is 9.06. The summed E-state index contributed by atoms with van der Waals surface area (Å²) in [6.07, 6.45) is 0. The highest BCUT2D eigenvalue weighted by Gasteiger charge is 2.46. The fraction of sp³-hybridized carbons (Fsp3) is 0.0870. The molecule has 0 heterocycles. The first-order chi connectivity index (χ1) is 23.5. The number of nitrogens with zero attached hydrogens (tertiary/aromatic N) is 1. The summed E-state index contributed by atoms with van der Waals surface area (Å²) >= 11 is 3.94. The number of fused-ring (bicyclic) bond motifs is 6. The summed E-state index contributed by atoms with van der Waals surface area (Å²) in [4.78, 5) is 2.47. The Balaban J connectivity index is 1.36. The largest absolute Gasteiger partial charge is 0.310 e. The number of rotatable bonds is 5. The maximum Gasteiger partial charge on any atom is 0.0714 e. The van der Waals surface area contributed by atoms with Gasteiger partial charge in [0.15, 0.2) is 0 Å². The lowest BCUT2D eigenvalue weighted by molar-refractivity contribution is 0.660. The SMILES string of the molecule is CC1(C)c2ccccc2-c2cc(Br)cc(N(c3ccccc3)c3ccc4c(c3)C(c3ccccc3)(c3ccccc3)c3ccccc3-4)c21. The summed E-state index contributed by atoms with van der Waals surface area (Å²) in [6, 6.07) is 62.5. The van der Waals surface area contributed by atoms with Crippen LogP contribution in [0.4, 0.5) is 17.1 Å². The van der Waals surface area contributed by atoms with Gasteiger partial charge in [0.05, 0.1) is 11.1 Å². The summed E-state index contributed by atoms with van der Waals surface area (Å²) in [6.45, 7) is 4.74. The zero-order valence-electron chi connectivity index (χ0n) is 27.0. The smallest absolute Gasteiger partial charge is 0.0714 e. The van der Waals surface area contributed by atoms with Gasteiger partial charge in [-0.3, -0.25) is 0 Å². The minimum atomic E-state index is -0.471. The molecule has 48 heavy (non-hydrogen) atoms. The predicted octanol–water partition coefficient (Wildman–Crippen LogP) is 12.6. The van der Waals surface area contributed by atoms with E-state index < -0.39 is 5.41 Å². The van der Waals surface area contributed by atoms with Crippen LogP contribution in [0, 0.1) is 0 Å². The molecule has 0 atom stereocenters. The Morgan fingerprint density at radius 1 is 0.438 bits per heavy atom. The van der Waals surface area contributed by atoms with Crippen LogP contribution >= 0.6 is 15.9 Å². The lowest BCUT2D eigenvalue weighted by Crippen LogP contribution is -2.28. The fourth-order valence-electron chi connectivity index (χ4n) is 8.61. The number of para-hydroxylation sites is 1. The van der Waals surface area contributed by atoms with Crippen molar-refractivity contribution in [3.8, 4) is 22.3 Å². The van der Waals surface area contributed by atoms with Gasteiger partial charge in [-0.05, 0) is 92.0 Å². The van der Waals surface area contributed by atoms with E-state index in [0.29, 0.717) is 0 Å². The van der Waals surface area contributed by atoms with E-state index in [1.54, 1.807) is 0 Å². The molecule has 0 unspecified atom stereocenters. The molecule has 0 aromatic heterocycles. The molecule has 2 heteroatoms. The van der Waals surface area contributed by atoms with Crippen LogP contribution in [0.25, 0.3) is 22.3 Å². The van der Waals surface area contributed by atoms with Crippen LogP contribution in [0.3, 0.4) is 0 Å². The van der Waals surface area contributed by atoms with Gasteiger partial charge in [-0.1, -0.05) is 163 Å². The normalized spacial score (nSPS) is 14.5.